The largest absolute Gasteiger partial charge is 0.493 e. The standard InChI is InChI=1S/C20H29N3O.2C4H4O4/c1-17(16-24-20-7-5-18(14-21)6-8-20)9-11-22-12-13-23-10-3-2-4-19(23)15-22;2*5-3(6)1-2-4(7)8/h5-8,17,19H,2-4,9-13,15-16H2,1H3;2*1-2H,(H,5,6)(H,7,8)/b;2*2-1+. The molecule has 4 N–H and O–H groups in total. The summed E-state index contributed by atoms with van der Waals surface area (Å²) in [7, 11) is 0. The number of carbonyl (C=O) groups is 4. The predicted molar refractivity (Wildman–Crippen MR) is 145 cm³/mol. The molecule has 0 amide bonds. The Balaban J connectivity index is 0.000000412. The maximum atomic E-state index is 9.55. The fourth-order valence-electron chi connectivity index (χ4n) is 4.06. The zero-order valence-corrected chi connectivity index (χ0v) is 22.5. The fourth-order valence-corrected chi connectivity index (χ4v) is 4.06. The first-order chi connectivity index (χ1) is 19.0. The Morgan fingerprint density at radius 2 is 1.48 bits per heavy atom. The molecule has 2 aliphatic heterocycles. The van der Waals surface area contributed by atoms with Crippen LogP contribution in [-0.4, -0.2) is 99.5 Å². The number of hydrogen-bond acceptors (Lipinski definition) is 8. The summed E-state index contributed by atoms with van der Waals surface area (Å²) in [4.78, 5) is 43.5. The highest BCUT2D eigenvalue weighted by Crippen LogP contribution is 2.21. The molecule has 1 aromatic rings. The summed E-state index contributed by atoms with van der Waals surface area (Å²) in [5, 5.41) is 40.1. The van der Waals surface area contributed by atoms with Crippen LogP contribution >= 0.6 is 0 Å². The lowest BCUT2D eigenvalue weighted by molar-refractivity contribution is -0.134. The van der Waals surface area contributed by atoms with Crippen molar-refractivity contribution in [3.63, 3.8) is 0 Å². The van der Waals surface area contributed by atoms with Crippen molar-refractivity contribution >= 4 is 23.9 Å². The van der Waals surface area contributed by atoms with Crippen LogP contribution in [0.2, 0.25) is 0 Å². The van der Waals surface area contributed by atoms with Gasteiger partial charge < -0.3 is 30.1 Å². The van der Waals surface area contributed by atoms with Crippen molar-refractivity contribution in [1.82, 2.24) is 9.80 Å². The van der Waals surface area contributed by atoms with Crippen LogP contribution in [0, 0.1) is 17.2 Å². The van der Waals surface area contributed by atoms with Crippen molar-refractivity contribution in [2.45, 2.75) is 38.6 Å². The molecule has 1 aromatic carbocycles. The van der Waals surface area contributed by atoms with Crippen molar-refractivity contribution in [3.05, 3.63) is 54.1 Å². The summed E-state index contributed by atoms with van der Waals surface area (Å²) in [5.74, 6) is -3.62. The number of piperazine rings is 1. The summed E-state index contributed by atoms with van der Waals surface area (Å²) in [6, 6.07) is 10.3. The van der Waals surface area contributed by atoms with Crippen LogP contribution < -0.4 is 4.74 Å². The third-order valence-corrected chi connectivity index (χ3v) is 6.11. The summed E-state index contributed by atoms with van der Waals surface area (Å²) in [5.41, 5.74) is 0.678. The van der Waals surface area contributed by atoms with E-state index in [1.165, 1.54) is 58.4 Å². The van der Waals surface area contributed by atoms with Crippen molar-refractivity contribution in [2.75, 3.05) is 39.3 Å². The van der Waals surface area contributed by atoms with Gasteiger partial charge in [0.2, 0.25) is 0 Å². The first kappa shape index (κ1) is 33.8. The zero-order valence-electron chi connectivity index (χ0n) is 22.5. The number of fused-ring (bicyclic) bond motifs is 1. The minimum atomic E-state index is -1.26. The number of rotatable bonds is 10. The monoisotopic (exact) mass is 559 g/mol. The molecule has 0 radical (unpaired) electrons. The molecule has 0 saturated carbocycles. The molecule has 0 bridgehead atoms. The fraction of sp³-hybridized carbons (Fsp3) is 0.464. The molecular weight excluding hydrogens is 522 g/mol. The first-order valence-corrected chi connectivity index (χ1v) is 12.9. The van der Waals surface area contributed by atoms with Gasteiger partial charge in [-0.1, -0.05) is 13.3 Å². The molecule has 2 fully saturated rings. The number of piperidine rings is 1. The Labute approximate surface area is 233 Å². The number of hydrogen-bond donors (Lipinski definition) is 4. The normalized spacial score (nSPS) is 17.8. The van der Waals surface area contributed by atoms with Crippen LogP contribution in [0.4, 0.5) is 0 Å². The van der Waals surface area contributed by atoms with Crippen LogP contribution in [0.1, 0.15) is 38.2 Å². The Morgan fingerprint density at radius 1 is 0.925 bits per heavy atom. The molecule has 0 spiro atoms. The molecule has 40 heavy (non-hydrogen) atoms. The second-order valence-electron chi connectivity index (χ2n) is 9.35. The van der Waals surface area contributed by atoms with Gasteiger partial charge in [-0.2, -0.15) is 5.26 Å². The predicted octanol–water partition coefficient (Wildman–Crippen LogP) is 2.56. The van der Waals surface area contributed by atoms with Gasteiger partial charge >= 0.3 is 23.9 Å². The van der Waals surface area contributed by atoms with E-state index in [1.54, 1.807) is 0 Å². The smallest absolute Gasteiger partial charge is 0.328 e. The van der Waals surface area contributed by atoms with Gasteiger partial charge in [0.1, 0.15) is 5.75 Å². The van der Waals surface area contributed by atoms with Crippen LogP contribution in [0.25, 0.3) is 0 Å². The molecule has 2 unspecified atom stereocenters. The number of benzene rings is 1. The number of aliphatic carboxylic acids is 4. The summed E-state index contributed by atoms with van der Waals surface area (Å²) >= 11 is 0. The number of nitriles is 1. The molecular formula is C28H37N3O9. The van der Waals surface area contributed by atoms with Crippen LogP contribution in [0.5, 0.6) is 5.75 Å². The molecule has 218 valence electrons. The minimum Gasteiger partial charge on any atom is -0.493 e. The third kappa shape index (κ3) is 15.9. The Morgan fingerprint density at radius 3 is 1.98 bits per heavy atom. The van der Waals surface area contributed by atoms with E-state index in [0.717, 1.165) is 18.4 Å². The van der Waals surface area contributed by atoms with Crippen molar-refractivity contribution in [3.8, 4) is 11.8 Å². The van der Waals surface area contributed by atoms with E-state index in [1.807, 2.05) is 24.3 Å². The van der Waals surface area contributed by atoms with Crippen molar-refractivity contribution < 1.29 is 44.3 Å². The van der Waals surface area contributed by atoms with E-state index in [2.05, 4.69) is 22.8 Å². The lowest BCUT2D eigenvalue weighted by atomic mass is 9.99. The van der Waals surface area contributed by atoms with E-state index in [9.17, 15) is 19.2 Å². The Hall–Kier alpha value is -4.21. The minimum absolute atomic E-state index is 0.546. The lowest BCUT2D eigenvalue weighted by Crippen LogP contribution is -2.54. The van der Waals surface area contributed by atoms with Crippen LogP contribution in [-0.2, 0) is 19.2 Å². The summed E-state index contributed by atoms with van der Waals surface area (Å²) < 4.78 is 5.86. The first-order valence-electron chi connectivity index (χ1n) is 12.9. The van der Waals surface area contributed by atoms with E-state index in [4.69, 9.17) is 30.4 Å². The molecule has 2 heterocycles. The molecule has 2 atom stereocenters. The number of carboxylic acid groups (broad SMARTS) is 4. The highest BCUT2D eigenvalue weighted by atomic mass is 16.5. The van der Waals surface area contributed by atoms with Gasteiger partial charge in [-0.3, -0.25) is 4.90 Å². The van der Waals surface area contributed by atoms with Gasteiger partial charge in [0, 0.05) is 50.0 Å². The molecule has 0 aliphatic carbocycles. The average Bonchev–Trinajstić information content (AvgIpc) is 2.93. The number of carboxylic acids is 4. The second-order valence-corrected chi connectivity index (χ2v) is 9.35. The van der Waals surface area contributed by atoms with Crippen LogP contribution in [0.15, 0.2) is 48.6 Å². The SMILES string of the molecule is CC(CCN1CCN2CCCCC2C1)COc1ccc(C#N)cc1.O=C(O)/C=C/C(=O)O.O=C(O)/C=C/C(=O)O. The highest BCUT2D eigenvalue weighted by Gasteiger charge is 2.28. The highest BCUT2D eigenvalue weighted by molar-refractivity contribution is 5.90. The zero-order chi connectivity index (χ0) is 29.9. The van der Waals surface area contributed by atoms with E-state index < -0.39 is 23.9 Å². The van der Waals surface area contributed by atoms with Gasteiger partial charge in [-0.25, -0.2) is 19.2 Å². The third-order valence-electron chi connectivity index (χ3n) is 6.11. The van der Waals surface area contributed by atoms with Gasteiger partial charge in [0.15, 0.2) is 0 Å². The topological polar surface area (TPSA) is 189 Å². The molecule has 12 heteroatoms. The average molecular weight is 560 g/mol. The molecule has 3 rings (SSSR count). The van der Waals surface area contributed by atoms with Gasteiger partial charge in [0.05, 0.1) is 18.2 Å². The Bertz CT molecular complexity index is 998. The summed E-state index contributed by atoms with van der Waals surface area (Å²) in [6.45, 7) is 9.23. The lowest BCUT2D eigenvalue weighted by Gasteiger charge is -2.44. The molecule has 2 aliphatic rings. The van der Waals surface area contributed by atoms with E-state index in [0.29, 0.717) is 35.8 Å². The molecule has 0 aromatic heterocycles. The number of nitrogens with zero attached hydrogens (tertiary/aromatic N) is 3. The second kappa shape index (κ2) is 18.9. The molecule has 12 nitrogen and oxygen atoms in total. The van der Waals surface area contributed by atoms with E-state index in [-0.39, 0.29) is 0 Å². The number of ether oxygens (including phenoxy) is 1. The van der Waals surface area contributed by atoms with Gasteiger partial charge in [-0.05, 0) is 62.5 Å². The van der Waals surface area contributed by atoms with Crippen LogP contribution in [0.3, 0.4) is 0 Å². The summed E-state index contributed by atoms with van der Waals surface area (Å²) in [6.07, 6.45) is 7.59. The van der Waals surface area contributed by atoms with Gasteiger partial charge in [-0.15, -0.1) is 0 Å². The van der Waals surface area contributed by atoms with Crippen molar-refractivity contribution in [1.29, 1.82) is 5.26 Å². The molecule has 2 saturated heterocycles. The Kier molecular flexibility index (Phi) is 16.0. The maximum Gasteiger partial charge on any atom is 0.328 e. The quantitative estimate of drug-likeness (QED) is 0.307. The van der Waals surface area contributed by atoms with Crippen molar-refractivity contribution in [2.24, 2.45) is 5.92 Å². The maximum absolute atomic E-state index is 9.55. The van der Waals surface area contributed by atoms with Gasteiger partial charge in [0.25, 0.3) is 0 Å². The van der Waals surface area contributed by atoms with E-state index >= 15 is 0 Å².